The molecule has 3 heteroatoms. The van der Waals surface area contributed by atoms with E-state index in [-0.39, 0.29) is 31.1 Å². The van der Waals surface area contributed by atoms with Crippen LogP contribution in [-0.2, 0) is 4.57 Å². The van der Waals surface area contributed by atoms with Crippen LogP contribution in [0.1, 0.15) is 0 Å². The van der Waals surface area contributed by atoms with Crippen LogP contribution in [0.3, 0.4) is 0 Å². The Kier molecular flexibility index (Phi) is 5.06. The molecular formula is C13H11OPU. The van der Waals surface area contributed by atoms with Gasteiger partial charge in [-0.15, -0.1) is 0 Å². The Morgan fingerprint density at radius 2 is 1.38 bits per heavy atom. The predicted molar refractivity (Wildman–Crippen MR) is 63.4 cm³/mol. The molecule has 0 unspecified atom stereocenters. The summed E-state index contributed by atoms with van der Waals surface area (Å²) in [6.45, 7) is 1.75. The van der Waals surface area contributed by atoms with Crippen LogP contribution in [0, 0.1) is 43.2 Å². The van der Waals surface area contributed by atoms with Gasteiger partial charge in [0.15, 0.2) is 0 Å². The van der Waals surface area contributed by atoms with Crippen LogP contribution in [0.5, 0.6) is 0 Å². The maximum absolute atomic E-state index is 12.6. The summed E-state index contributed by atoms with van der Waals surface area (Å²) in [5.74, 6) is 0. The third kappa shape index (κ3) is 2.89. The zero-order valence-electron chi connectivity index (χ0n) is 8.97. The topological polar surface area (TPSA) is 17.1 Å². The molecule has 0 fully saturated rings. The SMILES string of the molecule is CP(=O)(c1[c-]cccc1)c1[c-]cccc1.[U+2]. The minimum Gasteiger partial charge on any atom is -0.318 e. The van der Waals surface area contributed by atoms with E-state index in [4.69, 9.17) is 0 Å². The number of hydrogen-bond donors (Lipinski definition) is 0. The van der Waals surface area contributed by atoms with Crippen molar-refractivity contribution in [3.8, 4) is 0 Å². The first-order chi connectivity index (χ1) is 7.21. The van der Waals surface area contributed by atoms with Gasteiger partial charge < -0.3 is 4.57 Å². The first kappa shape index (κ1) is 13.8. The Bertz CT molecular complexity index is 438. The molecule has 0 aliphatic carbocycles. The largest absolute Gasteiger partial charge is 2.00 e. The van der Waals surface area contributed by atoms with Gasteiger partial charge in [0.2, 0.25) is 0 Å². The average Bonchev–Trinajstić information content (AvgIpc) is 2.31. The van der Waals surface area contributed by atoms with Gasteiger partial charge in [0, 0.05) is 0 Å². The normalized spacial score (nSPS) is 10.6. The molecule has 0 aliphatic heterocycles. The third-order valence-electron chi connectivity index (χ3n) is 2.30. The molecule has 78 valence electrons. The van der Waals surface area contributed by atoms with Gasteiger partial charge >= 0.3 is 31.1 Å². The summed E-state index contributed by atoms with van der Waals surface area (Å²) in [5, 5.41) is 1.51. The van der Waals surface area contributed by atoms with Crippen LogP contribution in [0.15, 0.2) is 48.5 Å². The van der Waals surface area contributed by atoms with Crippen molar-refractivity contribution in [1.29, 1.82) is 0 Å². The molecule has 0 aliphatic rings. The summed E-state index contributed by atoms with van der Waals surface area (Å²) < 4.78 is 12.6. The molecule has 2 aromatic carbocycles. The molecule has 0 N–H and O–H groups in total. The molecule has 0 amide bonds. The van der Waals surface area contributed by atoms with Gasteiger partial charge in [-0.25, -0.2) is 0 Å². The van der Waals surface area contributed by atoms with Crippen molar-refractivity contribution in [2.24, 2.45) is 0 Å². The molecule has 16 heavy (non-hydrogen) atoms. The third-order valence-corrected chi connectivity index (χ3v) is 4.70. The van der Waals surface area contributed by atoms with Gasteiger partial charge in [0.1, 0.15) is 0 Å². The van der Waals surface area contributed by atoms with Crippen molar-refractivity contribution >= 4 is 17.8 Å². The van der Waals surface area contributed by atoms with Crippen molar-refractivity contribution < 1.29 is 35.7 Å². The molecule has 0 aromatic heterocycles. The standard InChI is InChI=1S/C13H11OP.U/c1-15(14,12-8-4-2-5-9-12)13-10-6-3-7-11-13;/h2-8,10H,1H3;/q-2;+2. The molecule has 0 radical (unpaired) electrons. The Hall–Kier alpha value is -0.278. The molecule has 0 bridgehead atoms. The zero-order valence-corrected chi connectivity index (χ0v) is 14.0. The Morgan fingerprint density at radius 3 is 1.69 bits per heavy atom. The van der Waals surface area contributed by atoms with Crippen molar-refractivity contribution in [3.05, 3.63) is 60.7 Å². The van der Waals surface area contributed by atoms with Crippen molar-refractivity contribution in [2.45, 2.75) is 0 Å². The fourth-order valence-corrected chi connectivity index (χ4v) is 3.07. The molecule has 2 rings (SSSR count). The van der Waals surface area contributed by atoms with Gasteiger partial charge in [-0.2, -0.15) is 60.7 Å². The fourth-order valence-electron chi connectivity index (χ4n) is 1.43. The van der Waals surface area contributed by atoms with Crippen molar-refractivity contribution in [2.75, 3.05) is 6.66 Å². The summed E-state index contributed by atoms with van der Waals surface area (Å²) in [6.07, 6.45) is 0. The Labute approximate surface area is 120 Å². The summed E-state index contributed by atoms with van der Waals surface area (Å²) in [5.41, 5.74) is 0. The van der Waals surface area contributed by atoms with Gasteiger partial charge in [-0.1, -0.05) is 10.6 Å². The molecule has 0 heterocycles. The summed E-state index contributed by atoms with van der Waals surface area (Å²) in [4.78, 5) is 0. The van der Waals surface area contributed by atoms with E-state index >= 15 is 0 Å². The minimum atomic E-state index is -2.51. The molecule has 0 spiro atoms. The van der Waals surface area contributed by atoms with E-state index in [1.54, 1.807) is 18.8 Å². The second kappa shape index (κ2) is 5.87. The van der Waals surface area contributed by atoms with Crippen LogP contribution < -0.4 is 10.6 Å². The maximum Gasteiger partial charge on any atom is 2.00 e. The summed E-state index contributed by atoms with van der Waals surface area (Å²) in [7, 11) is -2.51. The Balaban J connectivity index is 0.00000128. The maximum atomic E-state index is 12.6. The number of hydrogen-bond acceptors (Lipinski definition) is 1. The second-order valence-corrected chi connectivity index (χ2v) is 6.23. The number of rotatable bonds is 2. The molecule has 0 saturated carbocycles. The molecule has 0 atom stereocenters. The summed E-state index contributed by atoms with van der Waals surface area (Å²) in [6, 6.07) is 20.8. The van der Waals surface area contributed by atoms with Gasteiger partial charge in [0.05, 0.1) is 7.14 Å². The van der Waals surface area contributed by atoms with Gasteiger partial charge in [-0.05, 0) is 6.66 Å². The van der Waals surface area contributed by atoms with Crippen molar-refractivity contribution in [1.82, 2.24) is 0 Å². The van der Waals surface area contributed by atoms with Crippen LogP contribution in [0.4, 0.5) is 0 Å². The molecule has 1 nitrogen and oxygen atoms in total. The van der Waals surface area contributed by atoms with E-state index in [0.29, 0.717) is 0 Å². The predicted octanol–water partition coefficient (Wildman–Crippen LogP) is 2.23. The Morgan fingerprint density at radius 1 is 0.938 bits per heavy atom. The van der Waals surface area contributed by atoms with Gasteiger partial charge in [-0.3, -0.25) is 0 Å². The van der Waals surface area contributed by atoms with E-state index < -0.39 is 7.14 Å². The molecule has 0 saturated heterocycles. The zero-order chi connectivity index (χ0) is 10.7. The average molecular weight is 452 g/mol. The van der Waals surface area contributed by atoms with Crippen LogP contribution in [-0.4, -0.2) is 6.66 Å². The van der Waals surface area contributed by atoms with E-state index in [9.17, 15) is 4.57 Å². The fraction of sp³-hybridized carbons (Fsp3) is 0.0769. The molecular weight excluding hydrogens is 441 g/mol. The van der Waals surface area contributed by atoms with Gasteiger partial charge in [0.25, 0.3) is 0 Å². The second-order valence-electron chi connectivity index (χ2n) is 3.42. The minimum absolute atomic E-state index is 0. The van der Waals surface area contributed by atoms with Crippen LogP contribution >= 0.6 is 7.14 Å². The van der Waals surface area contributed by atoms with E-state index in [2.05, 4.69) is 12.1 Å². The number of benzene rings is 2. The van der Waals surface area contributed by atoms with E-state index in [1.165, 1.54) is 0 Å². The quantitative estimate of drug-likeness (QED) is 0.505. The van der Waals surface area contributed by atoms with E-state index in [0.717, 1.165) is 10.6 Å². The first-order valence-electron chi connectivity index (χ1n) is 4.73. The molecule has 2 aromatic rings. The first-order valence-corrected chi connectivity index (χ1v) is 6.89. The van der Waals surface area contributed by atoms with Crippen LogP contribution in [0.2, 0.25) is 0 Å². The monoisotopic (exact) mass is 452 g/mol. The van der Waals surface area contributed by atoms with Crippen LogP contribution in [0.25, 0.3) is 0 Å². The van der Waals surface area contributed by atoms with E-state index in [1.807, 2.05) is 36.4 Å². The smallest absolute Gasteiger partial charge is 0.318 e. The summed E-state index contributed by atoms with van der Waals surface area (Å²) >= 11 is 0. The van der Waals surface area contributed by atoms with Crippen molar-refractivity contribution in [3.63, 3.8) is 0 Å².